The van der Waals surface area contributed by atoms with E-state index in [2.05, 4.69) is 5.32 Å². The number of rotatable bonds is 11. The van der Waals surface area contributed by atoms with Gasteiger partial charge in [-0.2, -0.15) is 0 Å². The SMILES string of the molecule is CCOc1ccc(OCCNC(=O)CCOc2ccc(OC)cc2)cc1. The molecule has 0 heterocycles. The molecule has 0 aliphatic heterocycles. The summed E-state index contributed by atoms with van der Waals surface area (Å²) in [6.45, 7) is 3.73. The maximum absolute atomic E-state index is 11.8. The molecule has 0 aromatic heterocycles. The Hall–Kier alpha value is -2.89. The Morgan fingerprint density at radius 2 is 1.31 bits per heavy atom. The van der Waals surface area contributed by atoms with E-state index < -0.39 is 0 Å². The van der Waals surface area contributed by atoms with Gasteiger partial charge in [-0.05, 0) is 55.5 Å². The quantitative estimate of drug-likeness (QED) is 0.625. The van der Waals surface area contributed by atoms with Crippen LogP contribution in [0.5, 0.6) is 23.0 Å². The highest BCUT2D eigenvalue weighted by Gasteiger charge is 2.02. The number of hydrogen-bond acceptors (Lipinski definition) is 5. The lowest BCUT2D eigenvalue weighted by Crippen LogP contribution is -2.29. The second-order valence-corrected chi connectivity index (χ2v) is 5.38. The Morgan fingerprint density at radius 3 is 1.85 bits per heavy atom. The van der Waals surface area contributed by atoms with E-state index in [1.165, 1.54) is 0 Å². The van der Waals surface area contributed by atoms with E-state index >= 15 is 0 Å². The van der Waals surface area contributed by atoms with E-state index in [0.717, 1.165) is 17.2 Å². The third kappa shape index (κ3) is 6.93. The molecule has 0 unspecified atom stereocenters. The minimum absolute atomic E-state index is 0.0752. The van der Waals surface area contributed by atoms with Crippen molar-refractivity contribution in [1.82, 2.24) is 5.32 Å². The summed E-state index contributed by atoms with van der Waals surface area (Å²) in [6, 6.07) is 14.6. The van der Waals surface area contributed by atoms with Gasteiger partial charge in [0.2, 0.25) is 5.91 Å². The summed E-state index contributed by atoms with van der Waals surface area (Å²) in [7, 11) is 1.61. The van der Waals surface area contributed by atoms with Gasteiger partial charge in [0.1, 0.15) is 29.6 Å². The summed E-state index contributed by atoms with van der Waals surface area (Å²) in [5.74, 6) is 2.95. The normalized spacial score (nSPS) is 10.1. The second kappa shape index (κ2) is 10.9. The molecule has 0 aliphatic rings. The number of carbonyl (C=O) groups is 1. The number of hydrogen-bond donors (Lipinski definition) is 1. The molecule has 0 fully saturated rings. The van der Waals surface area contributed by atoms with Crippen LogP contribution in [0.15, 0.2) is 48.5 Å². The Kier molecular flexibility index (Phi) is 8.12. The van der Waals surface area contributed by atoms with Crippen LogP contribution in [0.3, 0.4) is 0 Å². The lowest BCUT2D eigenvalue weighted by Gasteiger charge is -2.09. The van der Waals surface area contributed by atoms with Gasteiger partial charge in [0.15, 0.2) is 0 Å². The van der Waals surface area contributed by atoms with Crippen molar-refractivity contribution < 1.29 is 23.7 Å². The number of amides is 1. The zero-order chi connectivity index (χ0) is 18.6. The maximum Gasteiger partial charge on any atom is 0.223 e. The van der Waals surface area contributed by atoms with Gasteiger partial charge in [-0.15, -0.1) is 0 Å². The molecule has 0 saturated carbocycles. The summed E-state index contributed by atoms with van der Waals surface area (Å²) in [5, 5.41) is 2.80. The molecule has 0 bridgehead atoms. The largest absolute Gasteiger partial charge is 0.497 e. The van der Waals surface area contributed by atoms with E-state index in [1.807, 2.05) is 43.3 Å². The fourth-order valence-corrected chi connectivity index (χ4v) is 2.18. The van der Waals surface area contributed by atoms with Crippen LogP contribution in [0, 0.1) is 0 Å². The summed E-state index contributed by atoms with van der Waals surface area (Å²) in [5.41, 5.74) is 0. The highest BCUT2D eigenvalue weighted by molar-refractivity contribution is 5.75. The van der Waals surface area contributed by atoms with Crippen LogP contribution < -0.4 is 24.3 Å². The first-order chi connectivity index (χ1) is 12.7. The molecule has 0 saturated heterocycles. The van der Waals surface area contributed by atoms with Crippen molar-refractivity contribution in [3.8, 4) is 23.0 Å². The van der Waals surface area contributed by atoms with E-state index in [-0.39, 0.29) is 12.3 Å². The Morgan fingerprint density at radius 1 is 0.808 bits per heavy atom. The van der Waals surface area contributed by atoms with Crippen molar-refractivity contribution in [2.75, 3.05) is 33.5 Å². The van der Waals surface area contributed by atoms with Crippen molar-refractivity contribution in [1.29, 1.82) is 0 Å². The monoisotopic (exact) mass is 359 g/mol. The Balaban J connectivity index is 1.56. The van der Waals surface area contributed by atoms with Crippen LogP contribution in [-0.4, -0.2) is 39.4 Å². The van der Waals surface area contributed by atoms with Gasteiger partial charge in [-0.1, -0.05) is 0 Å². The third-order valence-corrected chi connectivity index (χ3v) is 3.48. The average molecular weight is 359 g/mol. The van der Waals surface area contributed by atoms with Crippen LogP contribution in [0.25, 0.3) is 0 Å². The van der Waals surface area contributed by atoms with Crippen LogP contribution in [0.4, 0.5) is 0 Å². The smallest absolute Gasteiger partial charge is 0.223 e. The first kappa shape index (κ1) is 19.4. The highest BCUT2D eigenvalue weighted by atomic mass is 16.5. The lowest BCUT2D eigenvalue weighted by atomic mass is 10.3. The van der Waals surface area contributed by atoms with Crippen LogP contribution >= 0.6 is 0 Å². The highest BCUT2D eigenvalue weighted by Crippen LogP contribution is 2.18. The predicted molar refractivity (Wildman–Crippen MR) is 99.2 cm³/mol. The van der Waals surface area contributed by atoms with Crippen LogP contribution in [0.2, 0.25) is 0 Å². The number of methoxy groups -OCH3 is 1. The van der Waals surface area contributed by atoms with E-state index in [0.29, 0.717) is 32.1 Å². The first-order valence-corrected chi connectivity index (χ1v) is 8.60. The molecule has 0 spiro atoms. The predicted octanol–water partition coefficient (Wildman–Crippen LogP) is 3.06. The zero-order valence-electron chi connectivity index (χ0n) is 15.2. The standard InChI is InChI=1S/C20H25NO5/c1-3-24-17-8-10-19(11-9-17)26-15-13-21-20(22)12-14-25-18-6-4-16(23-2)5-7-18/h4-11H,3,12-15H2,1-2H3,(H,21,22). The molecule has 2 rings (SSSR count). The fourth-order valence-electron chi connectivity index (χ4n) is 2.18. The van der Waals surface area contributed by atoms with Gasteiger partial charge in [0.25, 0.3) is 0 Å². The van der Waals surface area contributed by atoms with Crippen LogP contribution in [0.1, 0.15) is 13.3 Å². The van der Waals surface area contributed by atoms with E-state index in [4.69, 9.17) is 18.9 Å². The molecule has 0 radical (unpaired) electrons. The molecule has 26 heavy (non-hydrogen) atoms. The zero-order valence-corrected chi connectivity index (χ0v) is 15.2. The van der Waals surface area contributed by atoms with Gasteiger partial charge in [-0.3, -0.25) is 4.79 Å². The molecule has 6 nitrogen and oxygen atoms in total. The van der Waals surface area contributed by atoms with Crippen molar-refractivity contribution in [2.45, 2.75) is 13.3 Å². The van der Waals surface area contributed by atoms with Crippen molar-refractivity contribution in [3.63, 3.8) is 0 Å². The lowest BCUT2D eigenvalue weighted by molar-refractivity contribution is -0.121. The Labute approximate surface area is 154 Å². The van der Waals surface area contributed by atoms with E-state index in [9.17, 15) is 4.79 Å². The molecule has 1 N–H and O–H groups in total. The maximum atomic E-state index is 11.8. The molecule has 140 valence electrons. The van der Waals surface area contributed by atoms with Gasteiger partial charge < -0.3 is 24.3 Å². The molecule has 1 amide bonds. The number of carbonyl (C=O) groups excluding carboxylic acids is 1. The van der Waals surface area contributed by atoms with Gasteiger partial charge >= 0.3 is 0 Å². The van der Waals surface area contributed by atoms with Gasteiger partial charge in [0, 0.05) is 0 Å². The summed E-state index contributed by atoms with van der Waals surface area (Å²) in [6.07, 6.45) is 0.287. The topological polar surface area (TPSA) is 66.0 Å². The summed E-state index contributed by atoms with van der Waals surface area (Å²) in [4.78, 5) is 11.8. The molecule has 0 aliphatic carbocycles. The second-order valence-electron chi connectivity index (χ2n) is 5.38. The minimum Gasteiger partial charge on any atom is -0.497 e. The minimum atomic E-state index is -0.0752. The molecular weight excluding hydrogens is 334 g/mol. The van der Waals surface area contributed by atoms with Crippen LogP contribution in [-0.2, 0) is 4.79 Å². The summed E-state index contributed by atoms with van der Waals surface area (Å²) >= 11 is 0. The van der Waals surface area contributed by atoms with Crippen molar-refractivity contribution in [3.05, 3.63) is 48.5 Å². The number of benzene rings is 2. The van der Waals surface area contributed by atoms with Crippen molar-refractivity contribution in [2.24, 2.45) is 0 Å². The van der Waals surface area contributed by atoms with Crippen molar-refractivity contribution >= 4 is 5.91 Å². The average Bonchev–Trinajstić information content (AvgIpc) is 2.67. The molecule has 0 atom stereocenters. The van der Waals surface area contributed by atoms with Gasteiger partial charge in [0.05, 0.1) is 33.3 Å². The molecule has 6 heteroatoms. The summed E-state index contributed by atoms with van der Waals surface area (Å²) < 4.78 is 21.5. The molecule has 2 aromatic carbocycles. The van der Waals surface area contributed by atoms with Gasteiger partial charge in [-0.25, -0.2) is 0 Å². The van der Waals surface area contributed by atoms with E-state index in [1.54, 1.807) is 19.2 Å². The number of nitrogens with one attached hydrogen (secondary N) is 1. The molecular formula is C20H25NO5. The molecule has 2 aromatic rings. The fraction of sp³-hybridized carbons (Fsp3) is 0.350. The first-order valence-electron chi connectivity index (χ1n) is 8.60. The number of ether oxygens (including phenoxy) is 4. The Bertz CT molecular complexity index is 655. The third-order valence-electron chi connectivity index (χ3n) is 3.48.